The number of benzene rings is 1. The van der Waals surface area contributed by atoms with Crippen LogP contribution in [0.25, 0.3) is 0 Å². The average molecular weight is 348 g/mol. The quantitative estimate of drug-likeness (QED) is 0.828. The van der Waals surface area contributed by atoms with Crippen LogP contribution in [0.2, 0.25) is 0 Å². The third kappa shape index (κ3) is 4.44. The molecule has 25 heavy (non-hydrogen) atoms. The molecule has 0 aromatic heterocycles. The van der Waals surface area contributed by atoms with Gasteiger partial charge in [-0.1, -0.05) is 13.3 Å². The number of carbonyl (C=O) groups is 1. The molecule has 0 unspecified atom stereocenters. The van der Waals surface area contributed by atoms with Gasteiger partial charge in [-0.15, -0.1) is 0 Å². The molecule has 2 heterocycles. The average Bonchev–Trinajstić information content (AvgIpc) is 2.55. The number of likely N-dealkylation sites (tertiary alicyclic amines) is 1. The predicted molar refractivity (Wildman–Crippen MR) is 95.9 cm³/mol. The monoisotopic (exact) mass is 348 g/mol. The van der Waals surface area contributed by atoms with Crippen molar-refractivity contribution in [3.05, 3.63) is 24.3 Å². The topological polar surface area (TPSA) is 60.0 Å². The molecule has 2 saturated heterocycles. The van der Waals surface area contributed by atoms with Crippen LogP contribution in [0.3, 0.4) is 0 Å². The van der Waals surface area contributed by atoms with Crippen molar-refractivity contribution in [1.82, 2.24) is 4.90 Å². The van der Waals surface area contributed by atoms with Crippen LogP contribution in [0.1, 0.15) is 33.6 Å². The zero-order chi connectivity index (χ0) is 17.9. The van der Waals surface area contributed by atoms with Crippen LogP contribution in [0, 0.1) is 5.41 Å². The van der Waals surface area contributed by atoms with E-state index < -0.39 is 5.79 Å². The maximum Gasteiger partial charge on any atom is 0.321 e. The highest BCUT2D eigenvalue weighted by Crippen LogP contribution is 2.37. The molecule has 6 heteroatoms. The van der Waals surface area contributed by atoms with Crippen molar-refractivity contribution in [1.29, 1.82) is 0 Å². The van der Waals surface area contributed by atoms with Gasteiger partial charge in [0.25, 0.3) is 0 Å². The molecule has 2 aliphatic rings. The summed E-state index contributed by atoms with van der Waals surface area (Å²) in [5.74, 6) is 0.308. The van der Waals surface area contributed by atoms with Crippen molar-refractivity contribution in [2.45, 2.75) is 39.4 Å². The molecule has 1 spiro atoms. The first-order chi connectivity index (χ1) is 11.9. The molecular weight excluding hydrogens is 320 g/mol. The largest absolute Gasteiger partial charge is 0.494 e. The van der Waals surface area contributed by atoms with Gasteiger partial charge < -0.3 is 24.4 Å². The Labute approximate surface area is 149 Å². The maximum atomic E-state index is 12.3. The van der Waals surface area contributed by atoms with Gasteiger partial charge in [-0.05, 0) is 44.5 Å². The highest BCUT2D eigenvalue weighted by molar-refractivity contribution is 5.90. The molecule has 2 fully saturated rings. The number of rotatable bonds is 5. The fourth-order valence-corrected chi connectivity index (χ4v) is 3.00. The molecular formula is C19H28N2O4. The number of hydrogen-bond acceptors (Lipinski definition) is 4. The summed E-state index contributed by atoms with van der Waals surface area (Å²) in [6.07, 6.45) is 2.15. The number of ether oxygens (including phenoxy) is 3. The number of unbranched alkanes of at least 4 members (excludes halogenated alkanes) is 1. The Hall–Kier alpha value is -1.79. The van der Waals surface area contributed by atoms with Crippen LogP contribution in [0.15, 0.2) is 24.3 Å². The summed E-state index contributed by atoms with van der Waals surface area (Å²) in [4.78, 5) is 14.1. The van der Waals surface area contributed by atoms with Gasteiger partial charge in [0.1, 0.15) is 5.75 Å². The summed E-state index contributed by atoms with van der Waals surface area (Å²) >= 11 is 0. The van der Waals surface area contributed by atoms with Gasteiger partial charge in [0, 0.05) is 18.8 Å². The summed E-state index contributed by atoms with van der Waals surface area (Å²) < 4.78 is 17.1. The second kappa shape index (κ2) is 7.22. The first-order valence-electron chi connectivity index (χ1n) is 8.98. The predicted octanol–water partition coefficient (Wildman–Crippen LogP) is 3.48. The van der Waals surface area contributed by atoms with E-state index >= 15 is 0 Å². The molecule has 3 rings (SSSR count). The summed E-state index contributed by atoms with van der Waals surface area (Å²) in [5, 5.41) is 2.93. The van der Waals surface area contributed by atoms with E-state index in [1.807, 2.05) is 38.1 Å². The fraction of sp³-hybridized carbons (Fsp3) is 0.632. The number of anilines is 1. The Kier molecular flexibility index (Phi) is 5.20. The van der Waals surface area contributed by atoms with Crippen LogP contribution >= 0.6 is 0 Å². The molecule has 6 nitrogen and oxygen atoms in total. The van der Waals surface area contributed by atoms with E-state index in [0.717, 1.165) is 30.9 Å². The Morgan fingerprint density at radius 2 is 1.84 bits per heavy atom. The van der Waals surface area contributed by atoms with E-state index in [1.54, 1.807) is 4.90 Å². The van der Waals surface area contributed by atoms with Crippen molar-refractivity contribution in [2.75, 3.05) is 38.2 Å². The first-order valence-corrected chi connectivity index (χ1v) is 8.98. The molecule has 0 bridgehead atoms. The fourth-order valence-electron chi connectivity index (χ4n) is 3.00. The van der Waals surface area contributed by atoms with Crippen LogP contribution in [0.5, 0.6) is 5.75 Å². The molecule has 0 radical (unpaired) electrons. The number of nitrogens with one attached hydrogen (secondary N) is 1. The summed E-state index contributed by atoms with van der Waals surface area (Å²) in [7, 11) is 0. The van der Waals surface area contributed by atoms with Crippen LogP contribution in [-0.4, -0.2) is 49.6 Å². The maximum absolute atomic E-state index is 12.3. The molecule has 2 aliphatic heterocycles. The number of amides is 2. The van der Waals surface area contributed by atoms with Gasteiger partial charge in [-0.25, -0.2) is 4.79 Å². The van der Waals surface area contributed by atoms with Gasteiger partial charge in [0.05, 0.1) is 25.2 Å². The number of urea groups is 1. The lowest BCUT2D eigenvalue weighted by Gasteiger charge is -2.53. The SMILES string of the molecule is CCCCOc1ccc(NC(=O)N2CC3(COC(C)(C)OC3)C2)cc1. The van der Waals surface area contributed by atoms with Crippen molar-refractivity contribution < 1.29 is 19.0 Å². The van der Waals surface area contributed by atoms with E-state index in [-0.39, 0.29) is 11.4 Å². The van der Waals surface area contributed by atoms with Gasteiger partial charge in [-0.3, -0.25) is 0 Å². The van der Waals surface area contributed by atoms with Crippen LogP contribution < -0.4 is 10.1 Å². The molecule has 0 saturated carbocycles. The minimum absolute atomic E-state index is 0.0518. The summed E-state index contributed by atoms with van der Waals surface area (Å²) in [6.45, 7) is 9.27. The van der Waals surface area contributed by atoms with Crippen LogP contribution in [-0.2, 0) is 9.47 Å². The standard InChI is InChI=1S/C19H28N2O4/c1-4-5-10-23-16-8-6-15(7-9-16)20-17(22)21-11-19(12-21)13-24-18(2,3)25-14-19/h6-9H,4-5,10-14H2,1-3H3,(H,20,22). The van der Waals surface area contributed by atoms with E-state index in [1.165, 1.54) is 0 Å². The highest BCUT2D eigenvalue weighted by atomic mass is 16.7. The van der Waals surface area contributed by atoms with Crippen molar-refractivity contribution in [3.8, 4) is 5.75 Å². The van der Waals surface area contributed by atoms with Gasteiger partial charge in [0.2, 0.25) is 0 Å². The minimum atomic E-state index is -0.519. The third-order valence-corrected chi connectivity index (χ3v) is 4.66. The molecule has 1 aromatic carbocycles. The molecule has 1 N–H and O–H groups in total. The highest BCUT2D eigenvalue weighted by Gasteiger charge is 2.50. The molecule has 2 amide bonds. The smallest absolute Gasteiger partial charge is 0.321 e. The Bertz CT molecular complexity index is 582. The normalized spacial score (nSPS) is 20.8. The first kappa shape index (κ1) is 18.0. The summed E-state index contributed by atoms with van der Waals surface area (Å²) in [6, 6.07) is 7.41. The second-order valence-corrected chi connectivity index (χ2v) is 7.49. The molecule has 138 valence electrons. The second-order valence-electron chi connectivity index (χ2n) is 7.49. The van der Waals surface area contributed by atoms with Crippen LogP contribution in [0.4, 0.5) is 10.5 Å². The van der Waals surface area contributed by atoms with E-state index in [0.29, 0.717) is 26.3 Å². The lowest BCUT2D eigenvalue weighted by atomic mass is 9.81. The minimum Gasteiger partial charge on any atom is -0.494 e. The lowest BCUT2D eigenvalue weighted by molar-refractivity contribution is -0.301. The zero-order valence-corrected chi connectivity index (χ0v) is 15.3. The van der Waals surface area contributed by atoms with E-state index in [9.17, 15) is 4.79 Å². The van der Waals surface area contributed by atoms with Crippen molar-refractivity contribution in [2.24, 2.45) is 5.41 Å². The lowest BCUT2D eigenvalue weighted by Crippen LogP contribution is -2.66. The summed E-state index contributed by atoms with van der Waals surface area (Å²) in [5.41, 5.74) is 0.718. The van der Waals surface area contributed by atoms with Gasteiger partial charge >= 0.3 is 6.03 Å². The number of nitrogens with zero attached hydrogens (tertiary/aromatic N) is 1. The Morgan fingerprint density at radius 1 is 1.20 bits per heavy atom. The Balaban J connectivity index is 1.44. The van der Waals surface area contributed by atoms with Gasteiger partial charge in [-0.2, -0.15) is 0 Å². The Morgan fingerprint density at radius 3 is 2.44 bits per heavy atom. The molecule has 1 aromatic rings. The van der Waals surface area contributed by atoms with E-state index in [4.69, 9.17) is 14.2 Å². The van der Waals surface area contributed by atoms with Crippen molar-refractivity contribution >= 4 is 11.7 Å². The number of hydrogen-bond donors (Lipinski definition) is 1. The zero-order valence-electron chi connectivity index (χ0n) is 15.3. The number of carbonyl (C=O) groups excluding carboxylic acids is 1. The van der Waals surface area contributed by atoms with Crippen molar-refractivity contribution in [3.63, 3.8) is 0 Å². The third-order valence-electron chi connectivity index (χ3n) is 4.66. The molecule has 0 atom stereocenters. The van der Waals surface area contributed by atoms with E-state index in [2.05, 4.69) is 12.2 Å². The van der Waals surface area contributed by atoms with Gasteiger partial charge in [0.15, 0.2) is 5.79 Å². The molecule has 0 aliphatic carbocycles.